The Hall–Kier alpha value is -0.730. The topological polar surface area (TPSA) is 46.2 Å². The number of benzene rings is 1. The van der Waals surface area contributed by atoms with Crippen LogP contribution in [0.25, 0.3) is 0 Å². The van der Waals surface area contributed by atoms with Gasteiger partial charge >= 0.3 is 0 Å². The van der Waals surface area contributed by atoms with Crippen LogP contribution < -0.4 is 5.73 Å². The molecular formula is C14H20ClNO. The number of fused-ring (bicyclic) bond motifs is 1. The predicted octanol–water partition coefficient (Wildman–Crippen LogP) is 3.38. The first-order valence-electron chi connectivity index (χ1n) is 6.38. The standard InChI is InChI=1S/C14H20ClNO/c1-9(6-7-16)13-11-5-3-2-4-10(11)8-12(15)14(13)17/h8-9,17H,2-7,16H2,1H3. The summed E-state index contributed by atoms with van der Waals surface area (Å²) in [6, 6.07) is 1.93. The minimum Gasteiger partial charge on any atom is -0.506 e. The van der Waals surface area contributed by atoms with Crippen LogP contribution in [-0.4, -0.2) is 11.7 Å². The van der Waals surface area contributed by atoms with E-state index in [1.807, 2.05) is 6.07 Å². The fraction of sp³-hybridized carbons (Fsp3) is 0.571. The highest BCUT2D eigenvalue weighted by atomic mass is 35.5. The summed E-state index contributed by atoms with van der Waals surface area (Å²) < 4.78 is 0. The van der Waals surface area contributed by atoms with Crippen LogP contribution in [0.3, 0.4) is 0 Å². The first-order valence-corrected chi connectivity index (χ1v) is 6.76. The third-order valence-electron chi connectivity index (χ3n) is 3.71. The van der Waals surface area contributed by atoms with E-state index in [-0.39, 0.29) is 11.7 Å². The highest BCUT2D eigenvalue weighted by Crippen LogP contribution is 2.41. The van der Waals surface area contributed by atoms with Crippen molar-refractivity contribution in [1.29, 1.82) is 0 Å². The zero-order chi connectivity index (χ0) is 12.4. The van der Waals surface area contributed by atoms with E-state index in [1.54, 1.807) is 0 Å². The number of hydrogen-bond donors (Lipinski definition) is 2. The Morgan fingerprint density at radius 3 is 2.82 bits per heavy atom. The van der Waals surface area contributed by atoms with E-state index in [1.165, 1.54) is 24.0 Å². The zero-order valence-electron chi connectivity index (χ0n) is 10.3. The maximum absolute atomic E-state index is 10.2. The normalized spacial score (nSPS) is 16.6. The van der Waals surface area contributed by atoms with Gasteiger partial charge in [-0.1, -0.05) is 18.5 Å². The van der Waals surface area contributed by atoms with Crippen LogP contribution in [0.5, 0.6) is 5.75 Å². The summed E-state index contributed by atoms with van der Waals surface area (Å²) in [5.41, 5.74) is 9.29. The van der Waals surface area contributed by atoms with E-state index >= 15 is 0 Å². The Balaban J connectivity index is 2.50. The Bertz CT molecular complexity index is 417. The lowest BCUT2D eigenvalue weighted by Crippen LogP contribution is -2.11. The van der Waals surface area contributed by atoms with Gasteiger partial charge in [-0.25, -0.2) is 0 Å². The molecule has 0 aromatic heterocycles. The van der Waals surface area contributed by atoms with E-state index in [4.69, 9.17) is 17.3 Å². The van der Waals surface area contributed by atoms with Crippen molar-refractivity contribution in [3.63, 3.8) is 0 Å². The Morgan fingerprint density at radius 1 is 1.41 bits per heavy atom. The highest BCUT2D eigenvalue weighted by Gasteiger charge is 2.22. The molecule has 0 fully saturated rings. The van der Waals surface area contributed by atoms with E-state index < -0.39 is 0 Å². The van der Waals surface area contributed by atoms with Crippen molar-refractivity contribution in [3.8, 4) is 5.75 Å². The monoisotopic (exact) mass is 253 g/mol. The summed E-state index contributed by atoms with van der Waals surface area (Å²) in [4.78, 5) is 0. The molecule has 94 valence electrons. The molecule has 0 amide bonds. The Morgan fingerprint density at radius 2 is 2.12 bits per heavy atom. The van der Waals surface area contributed by atoms with Crippen molar-refractivity contribution in [1.82, 2.24) is 0 Å². The molecule has 2 rings (SSSR count). The third-order valence-corrected chi connectivity index (χ3v) is 4.00. The van der Waals surface area contributed by atoms with Gasteiger partial charge in [-0.3, -0.25) is 0 Å². The maximum Gasteiger partial charge on any atom is 0.137 e. The molecule has 0 spiro atoms. The number of phenolic OH excluding ortho intramolecular Hbond substituents is 1. The van der Waals surface area contributed by atoms with Crippen molar-refractivity contribution in [2.45, 2.75) is 44.9 Å². The van der Waals surface area contributed by atoms with Crippen LogP contribution in [0.2, 0.25) is 5.02 Å². The molecule has 1 aromatic carbocycles. The highest BCUT2D eigenvalue weighted by molar-refractivity contribution is 6.32. The molecule has 2 nitrogen and oxygen atoms in total. The van der Waals surface area contributed by atoms with E-state index in [0.29, 0.717) is 11.6 Å². The summed E-state index contributed by atoms with van der Waals surface area (Å²) >= 11 is 6.11. The molecule has 0 bridgehead atoms. The third kappa shape index (κ3) is 2.43. The van der Waals surface area contributed by atoms with Gasteiger partial charge in [0.1, 0.15) is 5.75 Å². The second kappa shape index (κ2) is 5.28. The lowest BCUT2D eigenvalue weighted by molar-refractivity contribution is 0.457. The maximum atomic E-state index is 10.2. The molecule has 1 aliphatic carbocycles. The number of phenols is 1. The van der Waals surface area contributed by atoms with Gasteiger partial charge in [-0.2, -0.15) is 0 Å². The number of nitrogens with two attached hydrogens (primary N) is 1. The molecule has 1 aromatic rings. The largest absolute Gasteiger partial charge is 0.506 e. The second-order valence-corrected chi connectivity index (χ2v) is 5.35. The summed E-state index contributed by atoms with van der Waals surface area (Å²) in [6.07, 6.45) is 5.46. The van der Waals surface area contributed by atoms with Crippen LogP contribution in [-0.2, 0) is 12.8 Å². The van der Waals surface area contributed by atoms with Gasteiger partial charge in [0.15, 0.2) is 0 Å². The molecule has 1 atom stereocenters. The van der Waals surface area contributed by atoms with Crippen molar-refractivity contribution in [2.24, 2.45) is 5.73 Å². The SMILES string of the molecule is CC(CCN)c1c(O)c(Cl)cc2c1CCCC2. The van der Waals surface area contributed by atoms with Crippen molar-refractivity contribution >= 4 is 11.6 Å². The molecule has 1 aliphatic rings. The number of aryl methyl sites for hydroxylation is 1. The quantitative estimate of drug-likeness (QED) is 0.868. The minimum atomic E-state index is 0.272. The molecular weight excluding hydrogens is 234 g/mol. The average molecular weight is 254 g/mol. The van der Waals surface area contributed by atoms with Crippen molar-refractivity contribution < 1.29 is 5.11 Å². The zero-order valence-corrected chi connectivity index (χ0v) is 11.1. The minimum absolute atomic E-state index is 0.272. The summed E-state index contributed by atoms with van der Waals surface area (Å²) in [5, 5.41) is 10.7. The number of rotatable bonds is 3. The van der Waals surface area contributed by atoms with E-state index in [9.17, 15) is 5.11 Å². The molecule has 0 heterocycles. The van der Waals surface area contributed by atoms with E-state index in [2.05, 4.69) is 6.92 Å². The summed E-state index contributed by atoms with van der Waals surface area (Å²) in [6.45, 7) is 2.76. The van der Waals surface area contributed by atoms with Crippen molar-refractivity contribution in [2.75, 3.05) is 6.54 Å². The van der Waals surface area contributed by atoms with Gasteiger partial charge in [0.2, 0.25) is 0 Å². The van der Waals surface area contributed by atoms with Gasteiger partial charge < -0.3 is 10.8 Å². The molecule has 0 aliphatic heterocycles. The Labute approximate surface area is 108 Å². The molecule has 0 saturated carbocycles. The molecule has 0 radical (unpaired) electrons. The van der Waals surface area contributed by atoms with Crippen LogP contribution in [0.4, 0.5) is 0 Å². The smallest absolute Gasteiger partial charge is 0.137 e. The predicted molar refractivity (Wildman–Crippen MR) is 71.8 cm³/mol. The van der Waals surface area contributed by atoms with Crippen LogP contribution in [0.15, 0.2) is 6.07 Å². The number of aromatic hydroxyl groups is 1. The van der Waals surface area contributed by atoms with Gasteiger partial charge in [-0.15, -0.1) is 0 Å². The van der Waals surface area contributed by atoms with E-state index in [0.717, 1.165) is 24.8 Å². The molecule has 1 unspecified atom stereocenters. The van der Waals surface area contributed by atoms with Crippen LogP contribution >= 0.6 is 11.6 Å². The number of halogens is 1. The number of hydrogen-bond acceptors (Lipinski definition) is 2. The lowest BCUT2D eigenvalue weighted by Gasteiger charge is -2.24. The van der Waals surface area contributed by atoms with Crippen LogP contribution in [0.1, 0.15) is 48.8 Å². The van der Waals surface area contributed by atoms with Crippen LogP contribution in [0, 0.1) is 0 Å². The van der Waals surface area contributed by atoms with Gasteiger partial charge in [0, 0.05) is 5.56 Å². The molecule has 0 saturated heterocycles. The average Bonchev–Trinajstić information content (AvgIpc) is 2.31. The molecule has 17 heavy (non-hydrogen) atoms. The summed E-state index contributed by atoms with van der Waals surface area (Å²) in [7, 11) is 0. The van der Waals surface area contributed by atoms with Crippen molar-refractivity contribution in [3.05, 3.63) is 27.8 Å². The fourth-order valence-corrected chi connectivity index (χ4v) is 3.05. The van der Waals surface area contributed by atoms with Gasteiger partial charge in [-0.05, 0) is 61.8 Å². The fourth-order valence-electron chi connectivity index (χ4n) is 2.81. The molecule has 3 N–H and O–H groups in total. The lowest BCUT2D eigenvalue weighted by atomic mass is 9.82. The van der Waals surface area contributed by atoms with Gasteiger partial charge in [0.25, 0.3) is 0 Å². The first kappa shape index (κ1) is 12.7. The Kier molecular flexibility index (Phi) is 3.95. The molecule has 3 heteroatoms. The first-order chi connectivity index (χ1) is 8.15. The second-order valence-electron chi connectivity index (χ2n) is 4.94. The van der Waals surface area contributed by atoms with Gasteiger partial charge in [0.05, 0.1) is 5.02 Å². The summed E-state index contributed by atoms with van der Waals surface area (Å²) in [5.74, 6) is 0.554.